The van der Waals surface area contributed by atoms with Crippen LogP contribution in [0.25, 0.3) is 0 Å². The molecule has 0 saturated carbocycles. The lowest BCUT2D eigenvalue weighted by atomic mass is 10.1. The first-order valence-electron chi connectivity index (χ1n) is 9.66. The van der Waals surface area contributed by atoms with Gasteiger partial charge in [-0.1, -0.05) is 18.2 Å². The first kappa shape index (κ1) is 21.8. The van der Waals surface area contributed by atoms with Gasteiger partial charge < -0.3 is 20.1 Å². The molecule has 2 N–H and O–H groups in total. The van der Waals surface area contributed by atoms with E-state index in [0.717, 1.165) is 23.7 Å². The fourth-order valence-corrected chi connectivity index (χ4v) is 3.35. The number of anilines is 2. The second-order valence-corrected chi connectivity index (χ2v) is 7.22. The first-order valence-corrected chi connectivity index (χ1v) is 9.66. The van der Waals surface area contributed by atoms with Crippen LogP contribution < -0.4 is 10.2 Å². The number of para-hydroxylation sites is 1. The first-order chi connectivity index (χ1) is 14.8. The molecule has 0 spiro atoms. The highest BCUT2D eigenvalue weighted by Gasteiger charge is 2.31. The lowest BCUT2D eigenvalue weighted by Gasteiger charge is -2.22. The highest BCUT2D eigenvalue weighted by Crippen LogP contribution is 2.31. The Kier molecular flexibility index (Phi) is 6.49. The number of carbonyl (C=O) groups excluding carboxylic acids is 3. The number of nitrogens with zero attached hydrogens (tertiary/aromatic N) is 1. The van der Waals surface area contributed by atoms with Crippen LogP contribution in [-0.2, 0) is 25.5 Å². The van der Waals surface area contributed by atoms with Gasteiger partial charge in [0.25, 0.3) is 5.91 Å². The van der Waals surface area contributed by atoms with Crippen molar-refractivity contribution < 1.29 is 29.0 Å². The second-order valence-electron chi connectivity index (χ2n) is 7.22. The minimum atomic E-state index is -1.19. The van der Waals surface area contributed by atoms with Crippen molar-refractivity contribution >= 4 is 35.1 Å². The van der Waals surface area contributed by atoms with E-state index in [1.807, 2.05) is 31.2 Å². The summed E-state index contributed by atoms with van der Waals surface area (Å²) in [4.78, 5) is 49.1. The van der Waals surface area contributed by atoms with Gasteiger partial charge in [-0.05, 0) is 56.2 Å². The van der Waals surface area contributed by atoms with E-state index >= 15 is 0 Å². The second kappa shape index (κ2) is 9.25. The van der Waals surface area contributed by atoms with Crippen molar-refractivity contribution in [2.75, 3.05) is 16.8 Å². The van der Waals surface area contributed by atoms with E-state index in [9.17, 15) is 19.2 Å². The Bertz CT molecular complexity index is 1060. The molecule has 1 heterocycles. The van der Waals surface area contributed by atoms with Gasteiger partial charge in [-0.25, -0.2) is 9.59 Å². The molecule has 0 aromatic heterocycles. The number of hydrogen-bond acceptors (Lipinski definition) is 5. The van der Waals surface area contributed by atoms with Crippen molar-refractivity contribution in [1.29, 1.82) is 0 Å². The van der Waals surface area contributed by atoms with E-state index in [4.69, 9.17) is 9.84 Å². The predicted molar refractivity (Wildman–Crippen MR) is 114 cm³/mol. The normalized spacial score (nSPS) is 15.2. The van der Waals surface area contributed by atoms with Gasteiger partial charge >= 0.3 is 11.9 Å². The van der Waals surface area contributed by atoms with Gasteiger partial charge in [0.15, 0.2) is 6.61 Å². The van der Waals surface area contributed by atoms with Crippen molar-refractivity contribution in [2.45, 2.75) is 26.3 Å². The molecule has 0 saturated heterocycles. The lowest BCUT2D eigenvalue weighted by Crippen LogP contribution is -2.38. The molecule has 0 bridgehead atoms. The third kappa shape index (κ3) is 5.16. The number of rotatable bonds is 6. The van der Waals surface area contributed by atoms with Gasteiger partial charge in [0.2, 0.25) is 5.91 Å². The van der Waals surface area contributed by atoms with Crippen LogP contribution in [0.15, 0.2) is 60.2 Å². The molecule has 1 aliphatic rings. The molecule has 2 aromatic rings. The lowest BCUT2D eigenvalue weighted by molar-refractivity contribution is -0.132. The molecule has 1 aliphatic heterocycles. The van der Waals surface area contributed by atoms with Crippen molar-refractivity contribution in [3.05, 3.63) is 71.3 Å². The fourth-order valence-electron chi connectivity index (χ4n) is 3.35. The smallest absolute Gasteiger partial charge is 0.338 e. The van der Waals surface area contributed by atoms with Crippen LogP contribution in [0.4, 0.5) is 11.4 Å². The number of hydrogen-bond donors (Lipinski definition) is 2. The summed E-state index contributed by atoms with van der Waals surface area (Å²) in [7, 11) is 0. The van der Waals surface area contributed by atoms with Crippen LogP contribution in [0, 0.1) is 0 Å². The van der Waals surface area contributed by atoms with E-state index in [2.05, 4.69) is 5.32 Å². The number of benzene rings is 2. The molecule has 1 unspecified atom stereocenters. The number of amides is 2. The summed E-state index contributed by atoms with van der Waals surface area (Å²) in [6.07, 6.45) is 1.72. The van der Waals surface area contributed by atoms with Crippen molar-refractivity contribution in [2.24, 2.45) is 0 Å². The largest absolute Gasteiger partial charge is 0.478 e. The Morgan fingerprint density at radius 1 is 1.13 bits per heavy atom. The predicted octanol–water partition coefficient (Wildman–Crippen LogP) is 2.79. The molecule has 31 heavy (non-hydrogen) atoms. The average Bonchev–Trinajstić information content (AvgIpc) is 3.07. The van der Waals surface area contributed by atoms with Gasteiger partial charge in [0.1, 0.15) is 0 Å². The standard InChI is InChI=1S/C23H22N2O6/c1-14(22(28)29)11-20(26)24-18-9-7-16(8-10-18)23(30)31-13-21(27)25-15(2)12-17-5-3-4-6-19(17)25/h3-11,15H,12-13H2,1-2H3,(H,24,26)(H,28,29). The fraction of sp³-hybridized carbons (Fsp3) is 0.217. The number of aliphatic carboxylic acids is 1. The summed E-state index contributed by atoms with van der Waals surface area (Å²) in [6.45, 7) is 2.87. The molecule has 8 nitrogen and oxygen atoms in total. The number of esters is 1. The highest BCUT2D eigenvalue weighted by atomic mass is 16.5. The summed E-state index contributed by atoms with van der Waals surface area (Å²) in [5, 5.41) is 11.3. The quantitative estimate of drug-likeness (QED) is 0.547. The van der Waals surface area contributed by atoms with E-state index in [-0.39, 0.29) is 29.7 Å². The Morgan fingerprint density at radius 3 is 2.48 bits per heavy atom. The van der Waals surface area contributed by atoms with E-state index < -0.39 is 17.8 Å². The highest BCUT2D eigenvalue weighted by molar-refractivity contribution is 6.04. The van der Waals surface area contributed by atoms with Crippen LogP contribution >= 0.6 is 0 Å². The minimum absolute atomic E-state index is 0.00897. The maximum atomic E-state index is 12.6. The minimum Gasteiger partial charge on any atom is -0.478 e. The molecule has 0 aliphatic carbocycles. The molecule has 8 heteroatoms. The molecule has 2 aromatic carbocycles. The third-order valence-corrected chi connectivity index (χ3v) is 4.88. The number of carbonyl (C=O) groups is 4. The van der Waals surface area contributed by atoms with Gasteiger partial charge in [-0.15, -0.1) is 0 Å². The summed E-state index contributed by atoms with van der Waals surface area (Å²) in [6, 6.07) is 13.5. The molecule has 0 radical (unpaired) electrons. The topological polar surface area (TPSA) is 113 Å². The monoisotopic (exact) mass is 422 g/mol. The Hall–Kier alpha value is -3.94. The SMILES string of the molecule is CC(=CC(=O)Nc1ccc(C(=O)OCC(=O)N2c3ccccc3CC2C)cc1)C(=O)O. The van der Waals surface area contributed by atoms with Crippen molar-refractivity contribution in [1.82, 2.24) is 0 Å². The molecular formula is C23H22N2O6. The summed E-state index contributed by atoms with van der Waals surface area (Å²) in [5.41, 5.74) is 2.42. The number of ether oxygens (including phenoxy) is 1. The molecule has 160 valence electrons. The number of fused-ring (bicyclic) bond motifs is 1. The summed E-state index contributed by atoms with van der Waals surface area (Å²) < 4.78 is 5.17. The Morgan fingerprint density at radius 2 is 1.81 bits per heavy atom. The van der Waals surface area contributed by atoms with Crippen LogP contribution in [0.3, 0.4) is 0 Å². The van der Waals surface area contributed by atoms with Gasteiger partial charge in [0.05, 0.1) is 5.56 Å². The van der Waals surface area contributed by atoms with Crippen LogP contribution in [0.5, 0.6) is 0 Å². The van der Waals surface area contributed by atoms with E-state index in [0.29, 0.717) is 5.69 Å². The maximum Gasteiger partial charge on any atom is 0.338 e. The van der Waals surface area contributed by atoms with Crippen LogP contribution in [-0.4, -0.2) is 41.5 Å². The van der Waals surface area contributed by atoms with Crippen molar-refractivity contribution in [3.8, 4) is 0 Å². The Labute approximate surface area is 179 Å². The molecule has 3 rings (SSSR count). The van der Waals surface area contributed by atoms with Gasteiger partial charge in [-0.2, -0.15) is 0 Å². The molecule has 0 fully saturated rings. The molecule has 1 atom stereocenters. The number of nitrogens with one attached hydrogen (secondary N) is 1. The van der Waals surface area contributed by atoms with E-state index in [1.54, 1.807) is 4.90 Å². The van der Waals surface area contributed by atoms with Crippen LogP contribution in [0.1, 0.15) is 29.8 Å². The van der Waals surface area contributed by atoms with Gasteiger partial charge in [-0.3, -0.25) is 9.59 Å². The number of carboxylic acids is 1. The van der Waals surface area contributed by atoms with E-state index in [1.165, 1.54) is 31.2 Å². The summed E-state index contributed by atoms with van der Waals surface area (Å²) in [5.74, 6) is -2.74. The zero-order chi connectivity index (χ0) is 22.5. The number of carboxylic acid groups (broad SMARTS) is 1. The Balaban J connectivity index is 1.56. The van der Waals surface area contributed by atoms with Crippen LogP contribution in [0.2, 0.25) is 0 Å². The zero-order valence-electron chi connectivity index (χ0n) is 17.1. The molecule has 2 amide bonds. The summed E-state index contributed by atoms with van der Waals surface area (Å²) >= 11 is 0. The average molecular weight is 422 g/mol. The molecular weight excluding hydrogens is 400 g/mol. The maximum absolute atomic E-state index is 12.6. The third-order valence-electron chi connectivity index (χ3n) is 4.88. The van der Waals surface area contributed by atoms with Crippen molar-refractivity contribution in [3.63, 3.8) is 0 Å². The zero-order valence-corrected chi connectivity index (χ0v) is 17.1. The van der Waals surface area contributed by atoms with Gasteiger partial charge in [0, 0.05) is 29.1 Å².